The first-order valence-electron chi connectivity index (χ1n) is 9.69. The van der Waals surface area contributed by atoms with E-state index in [1.807, 2.05) is 60.7 Å². The molecule has 3 aromatic rings. The lowest BCUT2D eigenvalue weighted by molar-refractivity contribution is -0.139. The highest BCUT2D eigenvalue weighted by atomic mass is 79.9. The molecule has 5 heteroatoms. The van der Waals surface area contributed by atoms with Crippen molar-refractivity contribution in [3.8, 4) is 0 Å². The number of rotatable bonds is 5. The smallest absolute Gasteiger partial charge is 0.295 e. The summed E-state index contributed by atoms with van der Waals surface area (Å²) in [5, 5.41) is 11.0. The molecule has 1 amide bonds. The summed E-state index contributed by atoms with van der Waals surface area (Å²) in [6.45, 7) is 0.376. The lowest BCUT2D eigenvalue weighted by Crippen LogP contribution is -2.31. The van der Waals surface area contributed by atoms with E-state index in [1.165, 1.54) is 0 Å². The highest BCUT2D eigenvalue weighted by Gasteiger charge is 2.45. The van der Waals surface area contributed by atoms with Gasteiger partial charge in [-0.1, -0.05) is 88.7 Å². The maximum atomic E-state index is 13.0. The third-order valence-electron chi connectivity index (χ3n) is 5.26. The van der Waals surface area contributed by atoms with Crippen LogP contribution in [0.2, 0.25) is 0 Å². The quantitative estimate of drug-likeness (QED) is 0.326. The van der Waals surface area contributed by atoms with Gasteiger partial charge in [-0.3, -0.25) is 9.59 Å². The summed E-state index contributed by atoms with van der Waals surface area (Å²) < 4.78 is 0.899. The van der Waals surface area contributed by atoms with Crippen LogP contribution in [0.1, 0.15) is 22.7 Å². The summed E-state index contributed by atoms with van der Waals surface area (Å²) in [5.74, 6) is -1.39. The van der Waals surface area contributed by atoms with Gasteiger partial charge < -0.3 is 10.0 Å². The van der Waals surface area contributed by atoms with Crippen molar-refractivity contribution in [3.05, 3.63) is 112 Å². The number of carbonyl (C=O) groups excluding carboxylic acids is 2. The molecule has 0 spiro atoms. The first kappa shape index (κ1) is 20.1. The minimum atomic E-state index is -0.655. The zero-order chi connectivity index (χ0) is 21.1. The van der Waals surface area contributed by atoms with E-state index in [9.17, 15) is 14.7 Å². The average Bonchev–Trinajstić information content (AvgIpc) is 3.04. The Bertz CT molecular complexity index is 1090. The highest BCUT2D eigenvalue weighted by Crippen LogP contribution is 2.39. The molecule has 4 nitrogen and oxygen atoms in total. The number of nitrogens with zero attached hydrogens (tertiary/aromatic N) is 1. The van der Waals surface area contributed by atoms with E-state index in [4.69, 9.17) is 0 Å². The Morgan fingerprint density at radius 2 is 1.47 bits per heavy atom. The van der Waals surface area contributed by atoms with Crippen LogP contribution >= 0.6 is 15.9 Å². The first-order valence-corrected chi connectivity index (χ1v) is 10.5. The third kappa shape index (κ3) is 3.94. The Balaban J connectivity index is 1.78. The summed E-state index contributed by atoms with van der Waals surface area (Å²) in [6.07, 6.45) is 0.617. The number of aliphatic hydroxyl groups excluding tert-OH is 1. The minimum absolute atomic E-state index is 0.126. The fraction of sp³-hybridized carbons (Fsp3) is 0.120. The topological polar surface area (TPSA) is 57.6 Å². The van der Waals surface area contributed by atoms with Gasteiger partial charge in [0.15, 0.2) is 0 Å². The van der Waals surface area contributed by atoms with Crippen LogP contribution in [-0.2, 0) is 16.0 Å². The van der Waals surface area contributed by atoms with Gasteiger partial charge in [-0.05, 0) is 29.7 Å². The first-order chi connectivity index (χ1) is 14.6. The summed E-state index contributed by atoms with van der Waals surface area (Å²) in [5.41, 5.74) is 2.50. The van der Waals surface area contributed by atoms with Crippen molar-refractivity contribution >= 4 is 33.4 Å². The predicted octanol–water partition coefficient (Wildman–Crippen LogP) is 5.11. The van der Waals surface area contributed by atoms with Crippen molar-refractivity contribution in [2.45, 2.75) is 12.5 Å². The number of carbonyl (C=O) groups is 2. The number of benzene rings is 3. The molecule has 1 aliphatic rings. The minimum Gasteiger partial charge on any atom is -0.507 e. The van der Waals surface area contributed by atoms with E-state index < -0.39 is 17.7 Å². The number of ketones is 1. The zero-order valence-corrected chi connectivity index (χ0v) is 17.7. The third-order valence-corrected chi connectivity index (χ3v) is 5.79. The van der Waals surface area contributed by atoms with Crippen LogP contribution in [0.4, 0.5) is 0 Å². The van der Waals surface area contributed by atoms with Gasteiger partial charge in [0, 0.05) is 16.6 Å². The Hall–Kier alpha value is -3.18. The molecule has 0 aliphatic carbocycles. The molecule has 3 aromatic carbocycles. The molecule has 1 aliphatic heterocycles. The largest absolute Gasteiger partial charge is 0.507 e. The molecule has 1 heterocycles. The van der Waals surface area contributed by atoms with Crippen LogP contribution in [0.5, 0.6) is 0 Å². The Morgan fingerprint density at radius 3 is 2.10 bits per heavy atom. The lowest BCUT2D eigenvalue weighted by atomic mass is 9.95. The molecule has 1 N–H and O–H groups in total. The van der Waals surface area contributed by atoms with Gasteiger partial charge in [-0.15, -0.1) is 0 Å². The number of likely N-dealkylation sites (tertiary alicyclic amines) is 1. The van der Waals surface area contributed by atoms with Crippen molar-refractivity contribution in [1.82, 2.24) is 4.90 Å². The molecular weight excluding hydrogens is 442 g/mol. The molecule has 1 fully saturated rings. The van der Waals surface area contributed by atoms with Gasteiger partial charge in [-0.2, -0.15) is 0 Å². The van der Waals surface area contributed by atoms with Crippen LogP contribution in [-0.4, -0.2) is 28.2 Å². The maximum Gasteiger partial charge on any atom is 0.295 e. The molecule has 0 bridgehead atoms. The molecule has 1 saturated heterocycles. The lowest BCUT2D eigenvalue weighted by Gasteiger charge is -2.25. The second-order valence-electron chi connectivity index (χ2n) is 7.15. The summed E-state index contributed by atoms with van der Waals surface area (Å²) in [6, 6.07) is 25.5. The number of hydrogen-bond donors (Lipinski definition) is 1. The van der Waals surface area contributed by atoms with E-state index in [-0.39, 0.29) is 11.3 Å². The summed E-state index contributed by atoms with van der Waals surface area (Å²) >= 11 is 3.43. The molecule has 4 rings (SSSR count). The SMILES string of the molecule is O=C1C(=O)N(CCc2ccccc2)[C@H](c2ccc(Br)cc2)/C1=C(\O)c1ccccc1. The number of aliphatic hydroxyl groups is 1. The van der Waals surface area contributed by atoms with E-state index in [1.54, 1.807) is 29.2 Å². The molecule has 30 heavy (non-hydrogen) atoms. The van der Waals surface area contributed by atoms with Crippen LogP contribution in [0.15, 0.2) is 95.0 Å². The number of amides is 1. The zero-order valence-electron chi connectivity index (χ0n) is 16.2. The standard InChI is InChI=1S/C25H20BrNO3/c26-20-13-11-18(12-14-20)22-21(23(28)19-9-5-2-6-10-19)24(29)25(30)27(22)16-15-17-7-3-1-4-8-17/h1-14,22,28H,15-16H2/b23-21+/t22-/m1/s1. The van der Waals surface area contributed by atoms with E-state index >= 15 is 0 Å². The normalized spacial score (nSPS) is 18.0. The van der Waals surface area contributed by atoms with Crippen LogP contribution < -0.4 is 0 Å². The monoisotopic (exact) mass is 461 g/mol. The van der Waals surface area contributed by atoms with Crippen molar-refractivity contribution in [3.63, 3.8) is 0 Å². The molecule has 0 unspecified atom stereocenters. The van der Waals surface area contributed by atoms with Gasteiger partial charge >= 0.3 is 0 Å². The van der Waals surface area contributed by atoms with Crippen LogP contribution in [0.3, 0.4) is 0 Å². The van der Waals surface area contributed by atoms with Gasteiger partial charge in [-0.25, -0.2) is 0 Å². The van der Waals surface area contributed by atoms with Gasteiger partial charge in [0.05, 0.1) is 11.6 Å². The second-order valence-corrected chi connectivity index (χ2v) is 8.06. The average molecular weight is 462 g/mol. The van der Waals surface area contributed by atoms with Crippen molar-refractivity contribution < 1.29 is 14.7 Å². The van der Waals surface area contributed by atoms with E-state index in [2.05, 4.69) is 15.9 Å². The molecule has 0 aromatic heterocycles. The van der Waals surface area contributed by atoms with E-state index in [0.717, 1.165) is 15.6 Å². The Kier molecular flexibility index (Phi) is 5.81. The van der Waals surface area contributed by atoms with E-state index in [0.29, 0.717) is 18.5 Å². The fourth-order valence-electron chi connectivity index (χ4n) is 3.75. The fourth-order valence-corrected chi connectivity index (χ4v) is 4.01. The maximum absolute atomic E-state index is 13.0. The second kappa shape index (κ2) is 8.67. The Labute approximate surface area is 183 Å². The predicted molar refractivity (Wildman–Crippen MR) is 120 cm³/mol. The Morgan fingerprint density at radius 1 is 0.867 bits per heavy atom. The number of Topliss-reactive ketones (excluding diaryl/α,β-unsaturated/α-hetero) is 1. The molecule has 0 radical (unpaired) electrons. The van der Waals surface area contributed by atoms with Crippen LogP contribution in [0, 0.1) is 0 Å². The van der Waals surface area contributed by atoms with Gasteiger partial charge in [0.1, 0.15) is 5.76 Å². The molecular formula is C25H20BrNO3. The highest BCUT2D eigenvalue weighted by molar-refractivity contribution is 9.10. The number of hydrogen-bond acceptors (Lipinski definition) is 3. The summed E-state index contributed by atoms with van der Waals surface area (Å²) in [4.78, 5) is 27.5. The molecule has 0 saturated carbocycles. The summed E-state index contributed by atoms with van der Waals surface area (Å²) in [7, 11) is 0. The van der Waals surface area contributed by atoms with Gasteiger partial charge in [0.2, 0.25) is 0 Å². The molecule has 150 valence electrons. The molecule has 1 atom stereocenters. The van der Waals surface area contributed by atoms with Crippen molar-refractivity contribution in [2.75, 3.05) is 6.54 Å². The van der Waals surface area contributed by atoms with Crippen molar-refractivity contribution in [2.24, 2.45) is 0 Å². The van der Waals surface area contributed by atoms with Crippen LogP contribution in [0.25, 0.3) is 5.76 Å². The van der Waals surface area contributed by atoms with Crippen molar-refractivity contribution in [1.29, 1.82) is 0 Å². The van der Waals surface area contributed by atoms with Gasteiger partial charge in [0.25, 0.3) is 11.7 Å². The number of halogens is 1.